The number of ether oxygens (including phenoxy) is 2. The summed E-state index contributed by atoms with van der Waals surface area (Å²) in [5.41, 5.74) is 0. The second-order valence-corrected chi connectivity index (χ2v) is 8.89. The van der Waals surface area contributed by atoms with E-state index in [0.717, 1.165) is 10.8 Å². The molecule has 2 atom stereocenters. The van der Waals surface area contributed by atoms with Gasteiger partial charge in [-0.1, -0.05) is 29.2 Å². The minimum atomic E-state index is -0.383. The number of benzene rings is 1. The molecule has 0 bridgehead atoms. The van der Waals surface area contributed by atoms with Crippen molar-refractivity contribution in [3.8, 4) is 11.5 Å². The quantitative estimate of drug-likeness (QED) is 0.494. The van der Waals surface area contributed by atoms with E-state index in [2.05, 4.69) is 25.7 Å². The summed E-state index contributed by atoms with van der Waals surface area (Å²) < 4.78 is 13.2. The number of hydrogen-bond donors (Lipinski definition) is 1. The maximum absolute atomic E-state index is 12.5. The molecule has 30 heavy (non-hydrogen) atoms. The average molecular weight is 449 g/mol. The summed E-state index contributed by atoms with van der Waals surface area (Å²) >= 11 is 2.67. The van der Waals surface area contributed by atoms with E-state index in [9.17, 15) is 4.79 Å². The van der Waals surface area contributed by atoms with Crippen LogP contribution in [0, 0.1) is 6.92 Å². The summed E-state index contributed by atoms with van der Waals surface area (Å²) in [4.78, 5) is 12.5. The summed E-state index contributed by atoms with van der Waals surface area (Å²) in [7, 11) is 1.61. The number of rotatable bonds is 9. The normalized spacial score (nSPS) is 13.0. The van der Waals surface area contributed by atoms with Crippen molar-refractivity contribution >= 4 is 34.1 Å². The Kier molecular flexibility index (Phi) is 7.27. The van der Waals surface area contributed by atoms with Crippen LogP contribution in [-0.2, 0) is 11.3 Å². The van der Waals surface area contributed by atoms with E-state index < -0.39 is 0 Å². The Balaban J connectivity index is 1.68. The van der Waals surface area contributed by atoms with E-state index in [1.807, 2.05) is 56.5 Å². The maximum atomic E-state index is 12.5. The van der Waals surface area contributed by atoms with Gasteiger partial charge >= 0.3 is 0 Å². The van der Waals surface area contributed by atoms with E-state index in [1.165, 1.54) is 23.1 Å². The number of nitrogens with zero attached hydrogens (tertiary/aromatic N) is 5. The second-order valence-electron chi connectivity index (χ2n) is 6.40. The topological polar surface area (TPSA) is 104 Å². The lowest BCUT2D eigenvalue weighted by Crippen LogP contribution is -2.23. The number of methoxy groups -OCH3 is 1. The van der Waals surface area contributed by atoms with Crippen molar-refractivity contribution in [1.29, 1.82) is 0 Å². The van der Waals surface area contributed by atoms with Crippen LogP contribution in [-0.4, -0.2) is 43.2 Å². The lowest BCUT2D eigenvalue weighted by Gasteiger charge is -2.16. The standard InChI is InChI=1S/C19H24N6O3S2/c1-6-25-16(11(2)28-15-9-7-8-14(10-15)27-5)22-24-19(25)29-12(3)17(26)20-18-23-21-13(4)30-18/h7-12H,6H2,1-5H3,(H,20,23,26). The molecule has 0 spiro atoms. The van der Waals surface area contributed by atoms with Gasteiger partial charge in [0, 0.05) is 12.6 Å². The molecule has 9 nitrogen and oxygen atoms in total. The number of amides is 1. The van der Waals surface area contributed by atoms with Gasteiger partial charge in [0.2, 0.25) is 11.0 Å². The number of thioether (sulfide) groups is 1. The van der Waals surface area contributed by atoms with Crippen LogP contribution in [0.15, 0.2) is 29.4 Å². The Bertz CT molecular complexity index is 1010. The summed E-state index contributed by atoms with van der Waals surface area (Å²) in [5, 5.41) is 20.8. The van der Waals surface area contributed by atoms with Crippen LogP contribution in [0.2, 0.25) is 0 Å². The highest BCUT2D eigenvalue weighted by atomic mass is 32.2. The Morgan fingerprint density at radius 2 is 2.00 bits per heavy atom. The van der Waals surface area contributed by atoms with Crippen LogP contribution in [0.25, 0.3) is 0 Å². The summed E-state index contributed by atoms with van der Waals surface area (Å²) in [5.74, 6) is 1.93. The zero-order valence-corrected chi connectivity index (χ0v) is 19.1. The molecular weight excluding hydrogens is 424 g/mol. The van der Waals surface area contributed by atoms with Crippen LogP contribution >= 0.6 is 23.1 Å². The van der Waals surface area contributed by atoms with Gasteiger partial charge in [-0.15, -0.1) is 20.4 Å². The first kappa shape index (κ1) is 22.0. The van der Waals surface area contributed by atoms with Gasteiger partial charge in [-0.3, -0.25) is 10.1 Å². The zero-order chi connectivity index (χ0) is 21.7. The van der Waals surface area contributed by atoms with Gasteiger partial charge in [0.15, 0.2) is 17.1 Å². The molecule has 2 aromatic heterocycles. The molecule has 0 aliphatic heterocycles. The van der Waals surface area contributed by atoms with E-state index in [0.29, 0.717) is 28.4 Å². The highest BCUT2D eigenvalue weighted by molar-refractivity contribution is 8.00. The smallest absolute Gasteiger partial charge is 0.239 e. The monoisotopic (exact) mass is 448 g/mol. The first-order valence-electron chi connectivity index (χ1n) is 9.42. The molecule has 0 radical (unpaired) electrons. The molecule has 1 amide bonds. The number of aromatic nitrogens is 5. The van der Waals surface area contributed by atoms with Crippen molar-refractivity contribution in [3.05, 3.63) is 35.1 Å². The third kappa shape index (κ3) is 5.28. The molecule has 3 rings (SSSR count). The first-order chi connectivity index (χ1) is 14.4. The molecule has 2 unspecified atom stereocenters. The number of anilines is 1. The Morgan fingerprint density at radius 1 is 1.23 bits per heavy atom. The SMILES string of the molecule is CCn1c(SC(C)C(=O)Nc2nnc(C)s2)nnc1C(C)Oc1cccc(OC)c1. The molecule has 1 N–H and O–H groups in total. The third-order valence-electron chi connectivity index (χ3n) is 4.19. The molecule has 0 saturated carbocycles. The summed E-state index contributed by atoms with van der Waals surface area (Å²) in [6.45, 7) is 8.23. The number of hydrogen-bond acceptors (Lipinski definition) is 9. The molecule has 0 aliphatic carbocycles. The van der Waals surface area contributed by atoms with E-state index in [4.69, 9.17) is 9.47 Å². The van der Waals surface area contributed by atoms with Crippen LogP contribution in [0.3, 0.4) is 0 Å². The Hall–Kier alpha value is -2.66. The fourth-order valence-corrected chi connectivity index (χ4v) is 4.20. The van der Waals surface area contributed by atoms with Crippen molar-refractivity contribution in [3.63, 3.8) is 0 Å². The number of nitrogens with one attached hydrogen (secondary N) is 1. The van der Waals surface area contributed by atoms with Crippen molar-refractivity contribution in [2.24, 2.45) is 0 Å². The zero-order valence-electron chi connectivity index (χ0n) is 17.4. The molecule has 1 aromatic carbocycles. The van der Waals surface area contributed by atoms with Crippen molar-refractivity contribution < 1.29 is 14.3 Å². The number of aryl methyl sites for hydroxylation is 1. The van der Waals surface area contributed by atoms with E-state index in [-0.39, 0.29) is 17.3 Å². The minimum Gasteiger partial charge on any atom is -0.497 e. The largest absolute Gasteiger partial charge is 0.497 e. The lowest BCUT2D eigenvalue weighted by molar-refractivity contribution is -0.115. The van der Waals surface area contributed by atoms with Crippen molar-refractivity contribution in [2.75, 3.05) is 12.4 Å². The predicted molar refractivity (Wildman–Crippen MR) is 116 cm³/mol. The lowest BCUT2D eigenvalue weighted by atomic mass is 10.3. The van der Waals surface area contributed by atoms with E-state index >= 15 is 0 Å². The van der Waals surface area contributed by atoms with Gasteiger partial charge in [0.1, 0.15) is 16.5 Å². The van der Waals surface area contributed by atoms with Crippen molar-refractivity contribution in [2.45, 2.75) is 50.8 Å². The molecule has 3 aromatic rings. The molecule has 2 heterocycles. The van der Waals surface area contributed by atoms with Gasteiger partial charge in [-0.05, 0) is 39.8 Å². The summed E-state index contributed by atoms with van der Waals surface area (Å²) in [6, 6.07) is 7.41. The molecule has 0 fully saturated rings. The molecular formula is C19H24N6O3S2. The average Bonchev–Trinajstić information content (AvgIpc) is 3.33. The fourth-order valence-electron chi connectivity index (χ4n) is 2.68. The van der Waals surface area contributed by atoms with Gasteiger partial charge in [0.25, 0.3) is 0 Å². The van der Waals surface area contributed by atoms with Gasteiger partial charge in [0.05, 0.1) is 12.4 Å². The number of carbonyl (C=O) groups is 1. The van der Waals surface area contributed by atoms with E-state index in [1.54, 1.807) is 7.11 Å². The molecule has 0 saturated heterocycles. The van der Waals surface area contributed by atoms with Crippen LogP contribution in [0.5, 0.6) is 11.5 Å². The van der Waals surface area contributed by atoms with Crippen LogP contribution in [0.1, 0.15) is 37.7 Å². The van der Waals surface area contributed by atoms with Gasteiger partial charge < -0.3 is 14.0 Å². The number of carbonyl (C=O) groups excluding carboxylic acids is 1. The first-order valence-corrected chi connectivity index (χ1v) is 11.1. The van der Waals surface area contributed by atoms with Crippen LogP contribution in [0.4, 0.5) is 5.13 Å². The fraction of sp³-hybridized carbons (Fsp3) is 0.421. The van der Waals surface area contributed by atoms with Gasteiger partial charge in [-0.25, -0.2) is 0 Å². The minimum absolute atomic E-state index is 0.163. The highest BCUT2D eigenvalue weighted by Crippen LogP contribution is 2.28. The Labute approximate surface area is 183 Å². The predicted octanol–water partition coefficient (Wildman–Crippen LogP) is 3.73. The molecule has 0 aliphatic rings. The third-order valence-corrected chi connectivity index (χ3v) is 6.02. The van der Waals surface area contributed by atoms with Crippen molar-refractivity contribution in [1.82, 2.24) is 25.0 Å². The Morgan fingerprint density at radius 3 is 2.67 bits per heavy atom. The van der Waals surface area contributed by atoms with Gasteiger partial charge in [-0.2, -0.15) is 0 Å². The molecule has 11 heteroatoms. The summed E-state index contributed by atoms with van der Waals surface area (Å²) in [6.07, 6.45) is -0.326. The second kappa shape index (κ2) is 9.90. The highest BCUT2D eigenvalue weighted by Gasteiger charge is 2.23. The van der Waals surface area contributed by atoms with Crippen LogP contribution < -0.4 is 14.8 Å². The molecule has 160 valence electrons. The maximum Gasteiger partial charge on any atom is 0.239 e.